The van der Waals surface area contributed by atoms with Crippen molar-refractivity contribution in [2.75, 3.05) is 7.11 Å². The lowest BCUT2D eigenvalue weighted by molar-refractivity contribution is 0.414. The van der Waals surface area contributed by atoms with Crippen molar-refractivity contribution in [3.63, 3.8) is 0 Å². The lowest BCUT2D eigenvalue weighted by atomic mass is 10.1. The molecular formula is C19H18N4OS. The second kappa shape index (κ2) is 6.22. The minimum absolute atomic E-state index is 0.581. The number of benzene rings is 2. The topological polar surface area (TPSA) is 58.6 Å². The Bertz CT molecular complexity index is 1090. The number of aryl methyl sites for hydroxylation is 1. The number of para-hydroxylation sites is 1. The van der Waals surface area contributed by atoms with Crippen LogP contribution in [-0.4, -0.2) is 26.9 Å². The van der Waals surface area contributed by atoms with E-state index in [1.165, 1.54) is 10.9 Å². The summed E-state index contributed by atoms with van der Waals surface area (Å²) in [6.45, 7) is 2.09. The number of rotatable bonds is 4. The number of hydrogen-bond donors (Lipinski definition) is 2. The van der Waals surface area contributed by atoms with Crippen molar-refractivity contribution in [2.24, 2.45) is 0 Å². The standard InChI is InChI=1S/C19H18N4OS/c1-12-16(15-5-3-4-6-17(15)20-12)11-18-21-22-19(25)23(18)13-7-9-14(24-2)10-8-13/h3-10,20H,11H2,1-2H3,(H,22,25). The minimum Gasteiger partial charge on any atom is -0.497 e. The van der Waals surface area contributed by atoms with Gasteiger partial charge in [-0.3, -0.25) is 9.67 Å². The molecule has 4 rings (SSSR count). The summed E-state index contributed by atoms with van der Waals surface area (Å²) < 4.78 is 7.78. The largest absolute Gasteiger partial charge is 0.497 e. The van der Waals surface area contributed by atoms with Gasteiger partial charge in [0.15, 0.2) is 4.77 Å². The van der Waals surface area contributed by atoms with Crippen LogP contribution in [0.25, 0.3) is 16.6 Å². The maximum absolute atomic E-state index is 5.45. The van der Waals surface area contributed by atoms with Crippen LogP contribution in [0.3, 0.4) is 0 Å². The van der Waals surface area contributed by atoms with Crippen LogP contribution < -0.4 is 4.74 Å². The zero-order chi connectivity index (χ0) is 17.4. The molecule has 0 fully saturated rings. The zero-order valence-electron chi connectivity index (χ0n) is 14.0. The van der Waals surface area contributed by atoms with Gasteiger partial charge in [-0.1, -0.05) is 18.2 Å². The van der Waals surface area contributed by atoms with Crippen LogP contribution in [0.2, 0.25) is 0 Å². The predicted molar refractivity (Wildman–Crippen MR) is 101 cm³/mol. The predicted octanol–water partition coefficient (Wildman–Crippen LogP) is 4.32. The second-order valence-electron chi connectivity index (χ2n) is 5.93. The Morgan fingerprint density at radius 3 is 2.64 bits per heavy atom. The molecule has 25 heavy (non-hydrogen) atoms. The Balaban J connectivity index is 1.79. The van der Waals surface area contributed by atoms with Crippen molar-refractivity contribution in [1.82, 2.24) is 19.7 Å². The number of methoxy groups -OCH3 is 1. The summed E-state index contributed by atoms with van der Waals surface area (Å²) >= 11 is 5.45. The summed E-state index contributed by atoms with van der Waals surface area (Å²) in [5.41, 5.74) is 4.49. The normalized spacial score (nSPS) is 11.1. The van der Waals surface area contributed by atoms with Crippen LogP contribution in [0, 0.1) is 11.7 Å². The molecule has 0 amide bonds. The van der Waals surface area contributed by atoms with E-state index in [0.717, 1.165) is 28.5 Å². The number of aromatic nitrogens is 4. The molecule has 0 atom stereocenters. The molecule has 0 aliphatic rings. The fraction of sp³-hybridized carbons (Fsp3) is 0.158. The Labute approximate surface area is 150 Å². The van der Waals surface area contributed by atoms with Crippen molar-refractivity contribution >= 4 is 23.1 Å². The number of H-pyrrole nitrogens is 2. The van der Waals surface area contributed by atoms with Gasteiger partial charge in [-0.15, -0.1) is 0 Å². The lowest BCUT2D eigenvalue weighted by Crippen LogP contribution is -2.03. The van der Waals surface area contributed by atoms with Gasteiger partial charge in [-0.2, -0.15) is 5.10 Å². The van der Waals surface area contributed by atoms with Gasteiger partial charge in [-0.25, -0.2) is 0 Å². The summed E-state index contributed by atoms with van der Waals surface area (Å²) in [5, 5.41) is 8.59. The maximum Gasteiger partial charge on any atom is 0.199 e. The summed E-state index contributed by atoms with van der Waals surface area (Å²) in [5.74, 6) is 1.69. The Hall–Kier alpha value is -2.86. The second-order valence-corrected chi connectivity index (χ2v) is 6.32. The SMILES string of the molecule is COc1ccc(-n2c(Cc3c(C)[nH]c4ccccc34)n[nH]c2=S)cc1. The maximum atomic E-state index is 5.45. The third-order valence-corrected chi connectivity index (χ3v) is 4.71. The van der Waals surface area contributed by atoms with Gasteiger partial charge in [0.2, 0.25) is 0 Å². The Morgan fingerprint density at radius 1 is 1.12 bits per heavy atom. The van der Waals surface area contributed by atoms with Crippen LogP contribution in [0.1, 0.15) is 17.1 Å². The Kier molecular flexibility index (Phi) is 3.89. The van der Waals surface area contributed by atoms with Crippen molar-refractivity contribution in [3.8, 4) is 11.4 Å². The molecule has 2 N–H and O–H groups in total. The molecule has 0 saturated heterocycles. The quantitative estimate of drug-likeness (QED) is 0.539. The molecule has 0 radical (unpaired) electrons. The molecule has 2 aromatic carbocycles. The van der Waals surface area contributed by atoms with Gasteiger partial charge in [0.1, 0.15) is 11.6 Å². The average Bonchev–Trinajstić information content (AvgIpc) is 3.15. The summed E-state index contributed by atoms with van der Waals surface area (Å²) in [6, 6.07) is 16.1. The first-order chi connectivity index (χ1) is 12.2. The number of ether oxygens (including phenoxy) is 1. The number of nitrogens with zero attached hydrogens (tertiary/aromatic N) is 2. The number of nitrogens with one attached hydrogen (secondary N) is 2. The number of hydrogen-bond acceptors (Lipinski definition) is 3. The van der Waals surface area contributed by atoms with Crippen LogP contribution in [0.5, 0.6) is 5.75 Å². The molecule has 0 aliphatic heterocycles. The smallest absolute Gasteiger partial charge is 0.199 e. The van der Waals surface area contributed by atoms with E-state index < -0.39 is 0 Å². The van der Waals surface area contributed by atoms with Gasteiger partial charge in [0, 0.05) is 28.7 Å². The van der Waals surface area contributed by atoms with Crippen molar-refractivity contribution in [3.05, 3.63) is 70.4 Å². The van der Waals surface area contributed by atoms with Crippen molar-refractivity contribution in [1.29, 1.82) is 0 Å². The van der Waals surface area contributed by atoms with Crippen LogP contribution in [-0.2, 0) is 6.42 Å². The monoisotopic (exact) mass is 350 g/mol. The van der Waals surface area contributed by atoms with E-state index in [9.17, 15) is 0 Å². The van der Waals surface area contributed by atoms with Gasteiger partial charge in [-0.05, 0) is 55.0 Å². The van der Waals surface area contributed by atoms with E-state index in [0.29, 0.717) is 11.2 Å². The van der Waals surface area contributed by atoms with Crippen LogP contribution in [0.15, 0.2) is 48.5 Å². The fourth-order valence-electron chi connectivity index (χ4n) is 3.17. The van der Waals surface area contributed by atoms with Gasteiger partial charge >= 0.3 is 0 Å². The molecule has 0 saturated carbocycles. The van der Waals surface area contributed by atoms with E-state index >= 15 is 0 Å². The molecule has 4 aromatic rings. The highest BCUT2D eigenvalue weighted by molar-refractivity contribution is 7.71. The molecule has 2 aromatic heterocycles. The minimum atomic E-state index is 0.581. The third kappa shape index (κ3) is 2.74. The third-order valence-electron chi connectivity index (χ3n) is 4.43. The Morgan fingerprint density at radius 2 is 1.88 bits per heavy atom. The number of aromatic amines is 2. The molecule has 6 heteroatoms. The molecule has 0 spiro atoms. The fourth-order valence-corrected chi connectivity index (χ4v) is 3.42. The average molecular weight is 350 g/mol. The zero-order valence-corrected chi connectivity index (χ0v) is 14.9. The van der Waals surface area contributed by atoms with E-state index in [1.54, 1.807) is 7.11 Å². The van der Waals surface area contributed by atoms with Crippen molar-refractivity contribution < 1.29 is 4.74 Å². The van der Waals surface area contributed by atoms with Gasteiger partial charge in [0.05, 0.1) is 7.11 Å². The van der Waals surface area contributed by atoms with E-state index in [2.05, 4.69) is 40.3 Å². The molecular weight excluding hydrogens is 332 g/mol. The summed E-state index contributed by atoms with van der Waals surface area (Å²) in [7, 11) is 1.66. The van der Waals surface area contributed by atoms with E-state index in [-0.39, 0.29) is 0 Å². The summed E-state index contributed by atoms with van der Waals surface area (Å²) in [6.07, 6.45) is 0.689. The lowest BCUT2D eigenvalue weighted by Gasteiger charge is -2.08. The molecule has 126 valence electrons. The van der Waals surface area contributed by atoms with E-state index in [4.69, 9.17) is 17.0 Å². The molecule has 0 unspecified atom stereocenters. The first-order valence-corrected chi connectivity index (χ1v) is 8.45. The molecule has 0 bridgehead atoms. The molecule has 0 aliphatic carbocycles. The molecule has 5 nitrogen and oxygen atoms in total. The number of fused-ring (bicyclic) bond motifs is 1. The van der Waals surface area contributed by atoms with Crippen LogP contribution >= 0.6 is 12.2 Å². The van der Waals surface area contributed by atoms with Crippen molar-refractivity contribution in [2.45, 2.75) is 13.3 Å². The van der Waals surface area contributed by atoms with Gasteiger partial charge < -0.3 is 9.72 Å². The molecule has 2 heterocycles. The highest BCUT2D eigenvalue weighted by Gasteiger charge is 2.14. The van der Waals surface area contributed by atoms with Gasteiger partial charge in [0.25, 0.3) is 0 Å². The summed E-state index contributed by atoms with van der Waals surface area (Å²) in [4.78, 5) is 3.44. The first-order valence-electron chi connectivity index (χ1n) is 8.04. The van der Waals surface area contributed by atoms with Crippen LogP contribution in [0.4, 0.5) is 0 Å². The van der Waals surface area contributed by atoms with E-state index in [1.807, 2.05) is 34.9 Å². The highest BCUT2D eigenvalue weighted by atomic mass is 32.1. The highest BCUT2D eigenvalue weighted by Crippen LogP contribution is 2.25. The first kappa shape index (κ1) is 15.7.